The molecule has 264 valence electrons. The highest BCUT2D eigenvalue weighted by molar-refractivity contribution is 6.00. The molecule has 9 nitrogen and oxygen atoms in total. The van der Waals surface area contributed by atoms with Crippen molar-refractivity contribution in [2.75, 3.05) is 26.2 Å². The lowest BCUT2D eigenvalue weighted by molar-refractivity contribution is -0.126. The van der Waals surface area contributed by atoms with Gasteiger partial charge in [-0.15, -0.1) is 0 Å². The molecule has 4 bridgehead atoms. The number of furan rings is 1. The number of hydrogen-bond donors (Lipinski definition) is 2. The molecular formula is C40H54N4O5. The summed E-state index contributed by atoms with van der Waals surface area (Å²) in [6.07, 6.45) is 13.4. The normalized spacial score (nSPS) is 14.7. The van der Waals surface area contributed by atoms with Gasteiger partial charge in [0.05, 0.1) is 19.1 Å². The van der Waals surface area contributed by atoms with Gasteiger partial charge in [-0.1, -0.05) is 76.1 Å². The first kappa shape index (κ1) is 37.4. The largest absolute Gasteiger partial charge is 0.472 e. The van der Waals surface area contributed by atoms with Gasteiger partial charge in [-0.3, -0.25) is 19.2 Å². The highest BCUT2D eigenvalue weighted by atomic mass is 16.3. The van der Waals surface area contributed by atoms with Crippen molar-refractivity contribution in [2.45, 2.75) is 103 Å². The third kappa shape index (κ3) is 11.3. The summed E-state index contributed by atoms with van der Waals surface area (Å²) in [7, 11) is 0. The molecule has 2 heterocycles. The molecule has 0 aliphatic carbocycles. The first-order valence-corrected chi connectivity index (χ1v) is 18.0. The van der Waals surface area contributed by atoms with E-state index in [-0.39, 0.29) is 36.7 Å². The Kier molecular flexibility index (Phi) is 14.0. The first-order chi connectivity index (χ1) is 23.6. The molecule has 3 aromatic rings. The minimum absolute atomic E-state index is 0.0861. The fourth-order valence-electron chi connectivity index (χ4n) is 6.30. The van der Waals surface area contributed by atoms with Crippen molar-refractivity contribution < 1.29 is 23.6 Å². The average Bonchev–Trinajstić information content (AvgIpc) is 3.61. The Morgan fingerprint density at radius 3 is 2.00 bits per heavy atom. The van der Waals surface area contributed by atoms with Crippen molar-refractivity contribution >= 4 is 23.6 Å². The summed E-state index contributed by atoms with van der Waals surface area (Å²) in [5.74, 6) is -0.987. The zero-order valence-electron chi connectivity index (χ0n) is 29.8. The molecule has 4 amide bonds. The molecule has 0 saturated carbocycles. The van der Waals surface area contributed by atoms with E-state index in [4.69, 9.17) is 4.42 Å². The van der Waals surface area contributed by atoms with Crippen molar-refractivity contribution in [1.82, 2.24) is 20.4 Å². The number of unbranched alkanes of at least 4 members (excludes halogenated alkanes) is 7. The molecule has 0 radical (unpaired) electrons. The Labute approximate surface area is 291 Å². The van der Waals surface area contributed by atoms with Gasteiger partial charge in [0.1, 0.15) is 6.04 Å². The molecule has 2 N–H and O–H groups in total. The van der Waals surface area contributed by atoms with Gasteiger partial charge >= 0.3 is 0 Å². The maximum atomic E-state index is 14.4. The SMILES string of the molecule is CCCCCCCCCCNC(=O)C(c1ccoc1)N1CCCCN(CC(=O)NC(C)(C)C)C(=O)c2cccc(c2)-c2cccc(c2)C1=O. The van der Waals surface area contributed by atoms with E-state index in [9.17, 15) is 19.2 Å². The number of carbonyl (C=O) groups is 4. The molecule has 1 atom stereocenters. The number of fused-ring (bicyclic) bond motifs is 5. The van der Waals surface area contributed by atoms with Gasteiger partial charge in [-0.25, -0.2) is 0 Å². The molecule has 49 heavy (non-hydrogen) atoms. The van der Waals surface area contributed by atoms with E-state index in [1.165, 1.54) is 44.6 Å². The number of nitrogens with zero attached hydrogens (tertiary/aromatic N) is 2. The quantitative estimate of drug-likeness (QED) is 0.172. The fraction of sp³-hybridized carbons (Fsp3) is 0.500. The molecule has 0 fully saturated rings. The zero-order valence-corrected chi connectivity index (χ0v) is 29.8. The lowest BCUT2D eigenvalue weighted by atomic mass is 9.99. The van der Waals surface area contributed by atoms with E-state index < -0.39 is 11.6 Å². The number of carbonyl (C=O) groups excluding carboxylic acids is 4. The second-order valence-electron chi connectivity index (χ2n) is 14.1. The number of benzene rings is 2. The Morgan fingerprint density at radius 1 is 0.796 bits per heavy atom. The molecular weight excluding hydrogens is 616 g/mol. The molecule has 1 aliphatic rings. The van der Waals surface area contributed by atoms with E-state index in [0.717, 1.165) is 30.4 Å². The number of nitrogens with one attached hydrogen (secondary N) is 2. The lowest BCUT2D eigenvalue weighted by Gasteiger charge is -2.31. The van der Waals surface area contributed by atoms with Crippen LogP contribution in [0.5, 0.6) is 0 Å². The maximum Gasteiger partial charge on any atom is 0.254 e. The van der Waals surface area contributed by atoms with Crippen molar-refractivity contribution in [2.24, 2.45) is 0 Å². The zero-order chi connectivity index (χ0) is 35.2. The van der Waals surface area contributed by atoms with Crippen LogP contribution in [0.3, 0.4) is 0 Å². The highest BCUT2D eigenvalue weighted by Crippen LogP contribution is 2.28. The Bertz CT molecular complexity index is 1530. The standard InChI is InChI=1S/C40H54N4O5/c1-5-6-7-8-9-10-11-12-22-41-37(46)36(34-21-25-49-29-34)44-24-14-13-23-43(28-35(45)42-40(2,3)4)38(47)32-19-15-17-30(26-32)31-18-16-20-33(27-31)39(44)48/h15-21,25-27,29,36H,5-14,22-24,28H2,1-4H3,(H,41,46)(H,42,45). The van der Waals surface area contributed by atoms with Gasteiger partial charge in [-0.05, 0) is 81.5 Å². The van der Waals surface area contributed by atoms with Gasteiger partial charge in [0.2, 0.25) is 11.8 Å². The molecule has 1 aliphatic heterocycles. The van der Waals surface area contributed by atoms with Crippen LogP contribution in [0.15, 0.2) is 71.5 Å². The van der Waals surface area contributed by atoms with Crippen LogP contribution < -0.4 is 10.6 Å². The van der Waals surface area contributed by atoms with Crippen molar-refractivity contribution in [1.29, 1.82) is 0 Å². The summed E-state index contributed by atoms with van der Waals surface area (Å²) in [5, 5.41) is 6.05. The number of rotatable bonds is 14. The van der Waals surface area contributed by atoms with E-state index in [2.05, 4.69) is 17.6 Å². The van der Waals surface area contributed by atoms with Crippen LogP contribution in [0.2, 0.25) is 0 Å². The predicted molar refractivity (Wildman–Crippen MR) is 193 cm³/mol. The summed E-state index contributed by atoms with van der Waals surface area (Å²) in [6.45, 7) is 8.96. The molecule has 1 aromatic heterocycles. The Balaban J connectivity index is 1.58. The second kappa shape index (κ2) is 18.4. The van der Waals surface area contributed by atoms with Crippen LogP contribution in [0.25, 0.3) is 11.1 Å². The topological polar surface area (TPSA) is 112 Å². The second-order valence-corrected chi connectivity index (χ2v) is 14.1. The number of amides is 4. The summed E-state index contributed by atoms with van der Waals surface area (Å²) < 4.78 is 5.40. The van der Waals surface area contributed by atoms with Crippen molar-refractivity contribution in [3.05, 3.63) is 83.8 Å². The molecule has 0 spiro atoms. The molecule has 9 heteroatoms. The maximum absolute atomic E-state index is 14.4. The van der Waals surface area contributed by atoms with Crippen LogP contribution in [0, 0.1) is 0 Å². The summed E-state index contributed by atoms with van der Waals surface area (Å²) in [6, 6.07) is 15.4. The van der Waals surface area contributed by atoms with Gasteiger partial charge in [0.15, 0.2) is 0 Å². The smallest absolute Gasteiger partial charge is 0.254 e. The third-order valence-electron chi connectivity index (χ3n) is 8.77. The van der Waals surface area contributed by atoms with Gasteiger partial charge in [-0.2, -0.15) is 0 Å². The minimum Gasteiger partial charge on any atom is -0.472 e. The first-order valence-electron chi connectivity index (χ1n) is 18.0. The van der Waals surface area contributed by atoms with E-state index in [0.29, 0.717) is 42.6 Å². The monoisotopic (exact) mass is 670 g/mol. The predicted octanol–water partition coefficient (Wildman–Crippen LogP) is 7.54. The van der Waals surface area contributed by atoms with Crippen LogP contribution in [0.4, 0.5) is 0 Å². The van der Waals surface area contributed by atoms with Gasteiger partial charge in [0, 0.05) is 41.9 Å². The molecule has 4 rings (SSSR count). The fourth-order valence-corrected chi connectivity index (χ4v) is 6.30. The highest BCUT2D eigenvalue weighted by Gasteiger charge is 2.33. The summed E-state index contributed by atoms with van der Waals surface area (Å²) in [5.41, 5.74) is 2.64. The van der Waals surface area contributed by atoms with Crippen LogP contribution in [-0.2, 0) is 9.59 Å². The lowest BCUT2D eigenvalue weighted by Crippen LogP contribution is -2.47. The minimum atomic E-state index is -0.893. The van der Waals surface area contributed by atoms with Crippen molar-refractivity contribution in [3.8, 4) is 11.1 Å². The summed E-state index contributed by atoms with van der Waals surface area (Å²) >= 11 is 0. The molecule has 0 saturated heterocycles. The van der Waals surface area contributed by atoms with Crippen LogP contribution >= 0.6 is 0 Å². The molecule has 1 unspecified atom stereocenters. The van der Waals surface area contributed by atoms with E-state index >= 15 is 0 Å². The van der Waals surface area contributed by atoms with E-state index in [1.54, 1.807) is 34.1 Å². The van der Waals surface area contributed by atoms with Gasteiger partial charge < -0.3 is 24.9 Å². The Hall–Kier alpha value is -4.40. The third-order valence-corrected chi connectivity index (χ3v) is 8.77. The van der Waals surface area contributed by atoms with E-state index in [1.807, 2.05) is 51.1 Å². The van der Waals surface area contributed by atoms with Crippen LogP contribution in [0.1, 0.15) is 124 Å². The Morgan fingerprint density at radius 2 is 1.39 bits per heavy atom. The number of hydrogen-bond acceptors (Lipinski definition) is 5. The van der Waals surface area contributed by atoms with Crippen molar-refractivity contribution in [3.63, 3.8) is 0 Å². The average molecular weight is 671 g/mol. The molecule has 2 aromatic carbocycles. The summed E-state index contributed by atoms with van der Waals surface area (Å²) in [4.78, 5) is 58.2. The van der Waals surface area contributed by atoms with Crippen LogP contribution in [-0.4, -0.2) is 65.1 Å². The van der Waals surface area contributed by atoms with Gasteiger partial charge in [0.25, 0.3) is 11.8 Å².